The molecule has 0 saturated carbocycles. The number of hydrogen-bond donors (Lipinski definition) is 1. The third kappa shape index (κ3) is 2.61. The van der Waals surface area contributed by atoms with Gasteiger partial charge in [-0.3, -0.25) is 9.69 Å². The number of aromatic nitrogens is 1. The van der Waals surface area contributed by atoms with Crippen LogP contribution in [0.25, 0.3) is 0 Å². The number of piperazine rings is 1. The lowest BCUT2D eigenvalue weighted by molar-refractivity contribution is 0.0240. The molecule has 6 nitrogen and oxygen atoms in total. The Hall–Kier alpha value is -2.18. The summed E-state index contributed by atoms with van der Waals surface area (Å²) >= 11 is 0. The molecule has 24 heavy (non-hydrogen) atoms. The molecule has 4 rings (SSSR count). The summed E-state index contributed by atoms with van der Waals surface area (Å²) in [5.41, 5.74) is 2.98. The molecule has 1 aromatic carbocycles. The fourth-order valence-corrected chi connectivity index (χ4v) is 3.76. The molecule has 0 bridgehead atoms. The zero-order valence-electron chi connectivity index (χ0n) is 13.7. The number of aliphatic hydroxyl groups excluding tert-OH is 1. The van der Waals surface area contributed by atoms with Gasteiger partial charge >= 0.3 is 0 Å². The number of rotatable bonds is 2. The quantitative estimate of drug-likeness (QED) is 0.903. The topological polar surface area (TPSA) is 69.8 Å². The summed E-state index contributed by atoms with van der Waals surface area (Å²) in [7, 11) is 0. The second-order valence-electron chi connectivity index (χ2n) is 6.58. The lowest BCUT2D eigenvalue weighted by Crippen LogP contribution is -2.52. The Morgan fingerprint density at radius 2 is 2.00 bits per heavy atom. The molecule has 1 aliphatic heterocycles. The van der Waals surface area contributed by atoms with E-state index in [1.54, 1.807) is 17.9 Å². The van der Waals surface area contributed by atoms with Crippen LogP contribution in [0.4, 0.5) is 0 Å². The fourth-order valence-electron chi connectivity index (χ4n) is 3.76. The highest BCUT2D eigenvalue weighted by Crippen LogP contribution is 2.34. The Morgan fingerprint density at radius 3 is 2.67 bits per heavy atom. The minimum atomic E-state index is -0.444. The third-order valence-electron chi connectivity index (χ3n) is 5.08. The maximum atomic E-state index is 12.4. The molecule has 2 unspecified atom stereocenters. The van der Waals surface area contributed by atoms with E-state index in [2.05, 4.69) is 16.1 Å². The van der Waals surface area contributed by atoms with Crippen LogP contribution in [0.5, 0.6) is 0 Å². The molecular formula is C18H21N3O3. The van der Waals surface area contributed by atoms with Gasteiger partial charge in [-0.2, -0.15) is 0 Å². The van der Waals surface area contributed by atoms with E-state index >= 15 is 0 Å². The lowest BCUT2D eigenvalue weighted by atomic mass is 10.1. The predicted octanol–water partition coefficient (Wildman–Crippen LogP) is 1.40. The standard InChI is InChI=1S/C18H21N3O3/c1-12-10-16(24-19-12)18(23)21-8-6-20(7-9-21)15-11-13-4-2-3-5-14(13)17(15)22/h2-5,10,15,17,22H,6-9,11H2,1H3. The van der Waals surface area contributed by atoms with Gasteiger partial charge in [0, 0.05) is 38.3 Å². The highest BCUT2D eigenvalue weighted by molar-refractivity contribution is 5.91. The lowest BCUT2D eigenvalue weighted by Gasteiger charge is -2.38. The van der Waals surface area contributed by atoms with Crippen molar-refractivity contribution in [3.63, 3.8) is 0 Å². The summed E-state index contributed by atoms with van der Waals surface area (Å²) < 4.78 is 5.07. The van der Waals surface area contributed by atoms with Crippen molar-refractivity contribution in [1.82, 2.24) is 15.0 Å². The molecule has 1 amide bonds. The van der Waals surface area contributed by atoms with Crippen molar-refractivity contribution in [1.29, 1.82) is 0 Å². The minimum Gasteiger partial charge on any atom is -0.387 e. The molecule has 1 saturated heterocycles. The van der Waals surface area contributed by atoms with E-state index in [9.17, 15) is 9.90 Å². The largest absolute Gasteiger partial charge is 0.387 e. The van der Waals surface area contributed by atoms with Gasteiger partial charge in [0.25, 0.3) is 5.91 Å². The van der Waals surface area contributed by atoms with Gasteiger partial charge in [-0.1, -0.05) is 29.4 Å². The summed E-state index contributed by atoms with van der Waals surface area (Å²) in [5.74, 6) is 0.194. The van der Waals surface area contributed by atoms with Crippen molar-refractivity contribution >= 4 is 5.91 Å². The van der Waals surface area contributed by atoms with Crippen molar-refractivity contribution < 1.29 is 14.4 Å². The van der Waals surface area contributed by atoms with E-state index in [1.807, 2.05) is 18.2 Å². The van der Waals surface area contributed by atoms with Crippen LogP contribution in [0.1, 0.15) is 33.5 Å². The van der Waals surface area contributed by atoms with Crippen LogP contribution in [-0.4, -0.2) is 58.2 Å². The molecule has 126 valence electrons. The van der Waals surface area contributed by atoms with Gasteiger partial charge in [-0.05, 0) is 24.5 Å². The van der Waals surface area contributed by atoms with Crippen molar-refractivity contribution in [2.24, 2.45) is 0 Å². The number of hydrogen-bond acceptors (Lipinski definition) is 5. The predicted molar refractivity (Wildman–Crippen MR) is 87.6 cm³/mol. The van der Waals surface area contributed by atoms with E-state index < -0.39 is 6.10 Å². The van der Waals surface area contributed by atoms with Gasteiger partial charge in [0.15, 0.2) is 0 Å². The number of benzene rings is 1. The molecule has 1 fully saturated rings. The molecule has 1 N–H and O–H groups in total. The number of aryl methyl sites for hydroxylation is 1. The molecule has 1 aromatic heterocycles. The fraction of sp³-hybridized carbons (Fsp3) is 0.444. The maximum absolute atomic E-state index is 12.4. The first-order valence-corrected chi connectivity index (χ1v) is 8.36. The first-order chi connectivity index (χ1) is 11.6. The molecule has 0 radical (unpaired) electrons. The summed E-state index contributed by atoms with van der Waals surface area (Å²) in [4.78, 5) is 16.5. The van der Waals surface area contributed by atoms with Crippen LogP contribution >= 0.6 is 0 Å². The zero-order chi connectivity index (χ0) is 16.7. The smallest absolute Gasteiger partial charge is 0.292 e. The van der Waals surface area contributed by atoms with Crippen LogP contribution in [-0.2, 0) is 6.42 Å². The molecule has 2 aliphatic rings. The second-order valence-corrected chi connectivity index (χ2v) is 6.58. The van der Waals surface area contributed by atoms with Crippen molar-refractivity contribution in [3.05, 3.63) is 52.9 Å². The van der Waals surface area contributed by atoms with Gasteiger partial charge < -0.3 is 14.5 Å². The van der Waals surface area contributed by atoms with Gasteiger partial charge in [-0.15, -0.1) is 0 Å². The van der Waals surface area contributed by atoms with Crippen LogP contribution in [0, 0.1) is 6.92 Å². The van der Waals surface area contributed by atoms with E-state index in [-0.39, 0.29) is 11.9 Å². The average molecular weight is 327 g/mol. The Balaban J connectivity index is 1.39. The number of carbonyl (C=O) groups excluding carboxylic acids is 1. The highest BCUT2D eigenvalue weighted by Gasteiger charge is 2.37. The molecule has 2 heterocycles. The first kappa shape index (κ1) is 15.4. The molecule has 0 spiro atoms. The third-order valence-corrected chi connectivity index (χ3v) is 5.08. The maximum Gasteiger partial charge on any atom is 0.292 e. The van der Waals surface area contributed by atoms with Gasteiger partial charge in [0.1, 0.15) is 0 Å². The van der Waals surface area contributed by atoms with E-state index in [1.165, 1.54) is 5.56 Å². The van der Waals surface area contributed by atoms with Gasteiger partial charge in [0.2, 0.25) is 5.76 Å². The Bertz CT molecular complexity index is 749. The number of aliphatic hydroxyl groups is 1. The summed E-state index contributed by atoms with van der Waals surface area (Å²) in [6.45, 7) is 4.59. The monoisotopic (exact) mass is 327 g/mol. The van der Waals surface area contributed by atoms with Crippen LogP contribution in [0.3, 0.4) is 0 Å². The summed E-state index contributed by atoms with van der Waals surface area (Å²) in [6.07, 6.45) is 0.424. The van der Waals surface area contributed by atoms with E-state index in [4.69, 9.17) is 4.52 Å². The van der Waals surface area contributed by atoms with Crippen molar-refractivity contribution in [2.75, 3.05) is 26.2 Å². The van der Waals surface area contributed by atoms with E-state index in [0.717, 1.165) is 25.1 Å². The highest BCUT2D eigenvalue weighted by atomic mass is 16.5. The first-order valence-electron chi connectivity index (χ1n) is 8.36. The molecule has 1 aliphatic carbocycles. The molecule has 2 aromatic rings. The summed E-state index contributed by atoms with van der Waals surface area (Å²) in [6, 6.07) is 9.86. The number of amides is 1. The zero-order valence-corrected chi connectivity index (χ0v) is 13.7. The number of nitrogens with zero attached hydrogens (tertiary/aromatic N) is 3. The van der Waals surface area contributed by atoms with Crippen LogP contribution in [0.15, 0.2) is 34.9 Å². The minimum absolute atomic E-state index is 0.104. The number of fused-ring (bicyclic) bond motifs is 1. The Labute approximate surface area is 140 Å². The van der Waals surface area contributed by atoms with Gasteiger partial charge in [-0.25, -0.2) is 0 Å². The molecular weight excluding hydrogens is 306 g/mol. The summed E-state index contributed by atoms with van der Waals surface area (Å²) in [5, 5.41) is 14.4. The SMILES string of the molecule is Cc1cc(C(=O)N2CCN(C3Cc4ccccc4C3O)CC2)on1. The van der Waals surface area contributed by atoms with Crippen LogP contribution in [0.2, 0.25) is 0 Å². The average Bonchev–Trinajstić information content (AvgIpc) is 3.19. The van der Waals surface area contributed by atoms with Crippen molar-refractivity contribution in [3.8, 4) is 0 Å². The molecule has 6 heteroatoms. The Kier molecular flexibility index (Phi) is 3.86. The second kappa shape index (κ2) is 6.03. The van der Waals surface area contributed by atoms with Crippen LogP contribution < -0.4 is 0 Å². The van der Waals surface area contributed by atoms with E-state index in [0.29, 0.717) is 24.5 Å². The number of carbonyl (C=O) groups is 1. The Morgan fingerprint density at radius 1 is 1.25 bits per heavy atom. The molecule has 2 atom stereocenters. The van der Waals surface area contributed by atoms with Gasteiger partial charge in [0.05, 0.1) is 11.8 Å². The van der Waals surface area contributed by atoms with Crippen molar-refractivity contribution in [2.45, 2.75) is 25.5 Å². The normalized spacial score (nSPS) is 24.2.